The summed E-state index contributed by atoms with van der Waals surface area (Å²) in [6.07, 6.45) is 1.37. The summed E-state index contributed by atoms with van der Waals surface area (Å²) < 4.78 is 5.00. The van der Waals surface area contributed by atoms with Gasteiger partial charge in [-0.05, 0) is 24.6 Å². The Labute approximate surface area is 139 Å². The Balaban J connectivity index is 1.79. The second kappa shape index (κ2) is 6.67. The molecule has 0 radical (unpaired) electrons. The van der Waals surface area contributed by atoms with E-state index in [0.29, 0.717) is 16.3 Å². The Bertz CT molecular complexity index is 797. The van der Waals surface area contributed by atoms with E-state index in [9.17, 15) is 4.79 Å². The average molecular weight is 327 g/mol. The van der Waals surface area contributed by atoms with E-state index >= 15 is 0 Å². The Hall–Kier alpha value is -2.59. The summed E-state index contributed by atoms with van der Waals surface area (Å²) in [5.74, 6) is -0.229. The van der Waals surface area contributed by atoms with Crippen molar-refractivity contribution in [3.05, 3.63) is 77.0 Å². The van der Waals surface area contributed by atoms with Gasteiger partial charge in [-0.15, -0.1) is 0 Å². The number of carbonyl (C=O) groups is 1. The predicted octanol–water partition coefficient (Wildman–Crippen LogP) is 4.49. The lowest BCUT2D eigenvalue weighted by atomic mass is 10.1. The molecule has 1 unspecified atom stereocenters. The molecule has 3 aromatic rings. The molecule has 1 atom stereocenters. The molecule has 5 heteroatoms. The zero-order valence-electron chi connectivity index (χ0n) is 12.5. The molecule has 1 N–H and O–H groups in total. The minimum atomic E-state index is -0.229. The van der Waals surface area contributed by atoms with Crippen LogP contribution in [0.2, 0.25) is 5.02 Å². The van der Waals surface area contributed by atoms with Gasteiger partial charge in [0.1, 0.15) is 17.5 Å². The normalized spacial score (nSPS) is 11.9. The Morgan fingerprint density at radius 2 is 1.83 bits per heavy atom. The number of halogens is 1. The molecule has 2 aromatic carbocycles. The van der Waals surface area contributed by atoms with E-state index in [1.54, 1.807) is 12.1 Å². The minimum absolute atomic E-state index is 0.154. The Morgan fingerprint density at radius 1 is 1.13 bits per heavy atom. The molecular formula is C18H15ClN2O2. The maximum Gasteiger partial charge on any atom is 0.257 e. The van der Waals surface area contributed by atoms with E-state index in [2.05, 4.69) is 10.5 Å². The molecule has 116 valence electrons. The van der Waals surface area contributed by atoms with Crippen molar-refractivity contribution >= 4 is 17.5 Å². The molecule has 0 aliphatic carbocycles. The molecule has 1 heterocycles. The summed E-state index contributed by atoms with van der Waals surface area (Å²) in [7, 11) is 0. The van der Waals surface area contributed by atoms with E-state index in [1.165, 1.54) is 6.26 Å². The van der Waals surface area contributed by atoms with Crippen LogP contribution >= 0.6 is 11.6 Å². The molecule has 0 aliphatic heterocycles. The van der Waals surface area contributed by atoms with Crippen LogP contribution in [0.25, 0.3) is 11.3 Å². The fourth-order valence-corrected chi connectivity index (χ4v) is 2.44. The second-order valence-corrected chi connectivity index (χ2v) is 5.63. The highest BCUT2D eigenvalue weighted by atomic mass is 35.5. The number of nitrogens with one attached hydrogen (secondary N) is 1. The van der Waals surface area contributed by atoms with Crippen molar-refractivity contribution in [1.82, 2.24) is 10.5 Å². The van der Waals surface area contributed by atoms with Gasteiger partial charge in [-0.2, -0.15) is 0 Å². The highest BCUT2D eigenvalue weighted by molar-refractivity contribution is 6.30. The molecule has 0 aliphatic rings. The Kier molecular flexibility index (Phi) is 4.44. The van der Waals surface area contributed by atoms with Crippen LogP contribution in [0.4, 0.5) is 0 Å². The van der Waals surface area contributed by atoms with E-state index < -0.39 is 0 Å². The van der Waals surface area contributed by atoms with Crippen LogP contribution in [0.3, 0.4) is 0 Å². The van der Waals surface area contributed by atoms with Crippen LogP contribution in [0.5, 0.6) is 0 Å². The van der Waals surface area contributed by atoms with Crippen molar-refractivity contribution in [1.29, 1.82) is 0 Å². The molecule has 1 aromatic heterocycles. The number of carbonyl (C=O) groups excluding carboxylic acids is 1. The van der Waals surface area contributed by atoms with Gasteiger partial charge in [-0.3, -0.25) is 4.79 Å². The van der Waals surface area contributed by atoms with E-state index in [-0.39, 0.29) is 11.9 Å². The molecule has 3 rings (SSSR count). The second-order valence-electron chi connectivity index (χ2n) is 5.19. The first-order valence-corrected chi connectivity index (χ1v) is 7.59. The average Bonchev–Trinajstić information content (AvgIpc) is 3.06. The lowest BCUT2D eigenvalue weighted by Crippen LogP contribution is -2.26. The maximum absolute atomic E-state index is 12.5. The molecular weight excluding hydrogens is 312 g/mol. The number of hydrogen-bond acceptors (Lipinski definition) is 3. The van der Waals surface area contributed by atoms with Gasteiger partial charge in [0.2, 0.25) is 0 Å². The molecule has 0 bridgehead atoms. The molecule has 0 saturated heterocycles. The van der Waals surface area contributed by atoms with Crippen molar-refractivity contribution < 1.29 is 9.32 Å². The lowest BCUT2D eigenvalue weighted by Gasteiger charge is -2.14. The lowest BCUT2D eigenvalue weighted by molar-refractivity contribution is 0.0940. The monoisotopic (exact) mass is 326 g/mol. The van der Waals surface area contributed by atoms with Crippen molar-refractivity contribution in [2.75, 3.05) is 0 Å². The van der Waals surface area contributed by atoms with Gasteiger partial charge < -0.3 is 9.84 Å². The van der Waals surface area contributed by atoms with E-state index in [1.807, 2.05) is 49.4 Å². The molecule has 0 spiro atoms. The summed E-state index contributed by atoms with van der Waals surface area (Å²) in [5, 5.41) is 7.56. The number of benzene rings is 2. The third kappa shape index (κ3) is 3.43. The van der Waals surface area contributed by atoms with Gasteiger partial charge >= 0.3 is 0 Å². The van der Waals surface area contributed by atoms with E-state index in [0.717, 1.165) is 11.1 Å². The summed E-state index contributed by atoms with van der Waals surface area (Å²) in [6, 6.07) is 16.7. The zero-order chi connectivity index (χ0) is 16.2. The highest BCUT2D eigenvalue weighted by Crippen LogP contribution is 2.23. The van der Waals surface area contributed by atoms with Crippen LogP contribution in [0.15, 0.2) is 65.4 Å². The first-order chi connectivity index (χ1) is 11.1. The van der Waals surface area contributed by atoms with Crippen molar-refractivity contribution in [2.24, 2.45) is 0 Å². The third-order valence-corrected chi connectivity index (χ3v) is 3.83. The van der Waals surface area contributed by atoms with Crippen LogP contribution in [0.1, 0.15) is 28.9 Å². The van der Waals surface area contributed by atoms with Crippen LogP contribution in [0, 0.1) is 0 Å². The number of aromatic nitrogens is 1. The summed E-state index contributed by atoms with van der Waals surface area (Å²) in [4.78, 5) is 12.5. The van der Waals surface area contributed by atoms with Crippen LogP contribution in [-0.4, -0.2) is 11.1 Å². The quantitative estimate of drug-likeness (QED) is 0.768. The van der Waals surface area contributed by atoms with Gasteiger partial charge in [0.25, 0.3) is 5.91 Å². The fourth-order valence-electron chi connectivity index (χ4n) is 2.31. The summed E-state index contributed by atoms with van der Waals surface area (Å²) in [6.45, 7) is 1.91. The Morgan fingerprint density at radius 3 is 2.52 bits per heavy atom. The molecule has 0 saturated carbocycles. The first-order valence-electron chi connectivity index (χ1n) is 7.21. The van der Waals surface area contributed by atoms with Crippen LogP contribution in [-0.2, 0) is 0 Å². The SMILES string of the molecule is CC(NC(=O)c1conc1-c1ccccc1)c1ccc(Cl)cc1. The van der Waals surface area contributed by atoms with E-state index in [4.69, 9.17) is 16.1 Å². The van der Waals surface area contributed by atoms with Gasteiger partial charge in [-0.25, -0.2) is 0 Å². The van der Waals surface area contributed by atoms with Gasteiger partial charge in [0.05, 0.1) is 6.04 Å². The standard InChI is InChI=1S/C18H15ClN2O2/c1-12(13-7-9-15(19)10-8-13)20-18(22)16-11-23-21-17(16)14-5-3-2-4-6-14/h2-12H,1H3,(H,20,22). The number of nitrogens with zero attached hydrogens (tertiary/aromatic N) is 1. The molecule has 4 nitrogen and oxygen atoms in total. The van der Waals surface area contributed by atoms with Crippen molar-refractivity contribution in [3.63, 3.8) is 0 Å². The smallest absolute Gasteiger partial charge is 0.257 e. The summed E-state index contributed by atoms with van der Waals surface area (Å²) in [5.41, 5.74) is 2.76. The molecule has 23 heavy (non-hydrogen) atoms. The fraction of sp³-hybridized carbons (Fsp3) is 0.111. The molecule has 1 amide bonds. The number of hydrogen-bond donors (Lipinski definition) is 1. The number of amides is 1. The molecule has 0 fully saturated rings. The third-order valence-electron chi connectivity index (χ3n) is 3.58. The minimum Gasteiger partial charge on any atom is -0.363 e. The number of rotatable bonds is 4. The van der Waals surface area contributed by atoms with Crippen molar-refractivity contribution in [3.8, 4) is 11.3 Å². The van der Waals surface area contributed by atoms with Crippen LogP contribution < -0.4 is 5.32 Å². The van der Waals surface area contributed by atoms with Crippen molar-refractivity contribution in [2.45, 2.75) is 13.0 Å². The van der Waals surface area contributed by atoms with Gasteiger partial charge in [0, 0.05) is 10.6 Å². The summed E-state index contributed by atoms with van der Waals surface area (Å²) >= 11 is 5.88. The van der Waals surface area contributed by atoms with Gasteiger partial charge in [0.15, 0.2) is 0 Å². The maximum atomic E-state index is 12.5. The van der Waals surface area contributed by atoms with Gasteiger partial charge in [-0.1, -0.05) is 59.2 Å². The zero-order valence-corrected chi connectivity index (χ0v) is 13.2. The predicted molar refractivity (Wildman–Crippen MR) is 89.3 cm³/mol. The first kappa shape index (κ1) is 15.3. The highest BCUT2D eigenvalue weighted by Gasteiger charge is 2.19. The topological polar surface area (TPSA) is 55.1 Å². The largest absolute Gasteiger partial charge is 0.363 e.